The number of rotatable bonds is 7. The highest BCUT2D eigenvalue weighted by atomic mass is 32.1. The van der Waals surface area contributed by atoms with Gasteiger partial charge in [-0.2, -0.15) is 0 Å². The molecule has 2 aliphatic heterocycles. The largest absolute Gasteiger partial charge is 0.497 e. The number of thiazole rings is 1. The van der Waals surface area contributed by atoms with Gasteiger partial charge in [-0.25, -0.2) is 9.79 Å². The molecule has 1 atom stereocenters. The van der Waals surface area contributed by atoms with Crippen LogP contribution in [0.5, 0.6) is 11.5 Å². The van der Waals surface area contributed by atoms with Gasteiger partial charge in [-0.1, -0.05) is 11.3 Å². The summed E-state index contributed by atoms with van der Waals surface area (Å²) in [4.78, 5) is 34.2. The number of hydrogen-bond donors (Lipinski definition) is 0. The molecule has 0 radical (unpaired) electrons. The number of hydrogen-bond acceptors (Lipinski definition) is 10. The standard InChI is InChI=1S/C27H29N3O7S/c1-5-36-26(32)23-16(2)28-27-30(24(23)19-8-6-17(33-3)14-20(19)34-4)25(31)21(38-27)15-18-7-9-22(37-18)29-10-12-35-13-11-29/h6-9,14-15,24H,5,10-13H2,1-4H3/t24-/m0/s1. The Kier molecular flexibility index (Phi) is 7.39. The highest BCUT2D eigenvalue weighted by Gasteiger charge is 2.35. The number of fused-ring (bicyclic) bond motifs is 1. The molecule has 2 aliphatic rings. The Hall–Kier alpha value is -3.83. The molecule has 11 heteroatoms. The fourth-order valence-electron chi connectivity index (χ4n) is 4.63. The number of aromatic nitrogens is 1. The quantitative estimate of drug-likeness (QED) is 0.421. The highest BCUT2D eigenvalue weighted by molar-refractivity contribution is 7.07. The van der Waals surface area contributed by atoms with Crippen LogP contribution >= 0.6 is 11.3 Å². The van der Waals surface area contributed by atoms with Gasteiger partial charge in [0.25, 0.3) is 5.56 Å². The van der Waals surface area contributed by atoms with E-state index in [1.54, 1.807) is 45.2 Å². The Balaban J connectivity index is 1.64. The Labute approximate surface area is 223 Å². The molecule has 200 valence electrons. The molecule has 38 heavy (non-hydrogen) atoms. The van der Waals surface area contributed by atoms with Crippen molar-refractivity contribution in [3.8, 4) is 11.5 Å². The van der Waals surface area contributed by atoms with E-state index in [0.717, 1.165) is 19.0 Å². The highest BCUT2D eigenvalue weighted by Crippen LogP contribution is 2.37. The summed E-state index contributed by atoms with van der Waals surface area (Å²) in [5, 5.41) is 0. The lowest BCUT2D eigenvalue weighted by molar-refractivity contribution is -0.139. The summed E-state index contributed by atoms with van der Waals surface area (Å²) in [5.41, 5.74) is 1.08. The van der Waals surface area contributed by atoms with E-state index < -0.39 is 12.0 Å². The van der Waals surface area contributed by atoms with Crippen molar-refractivity contribution in [2.45, 2.75) is 19.9 Å². The summed E-state index contributed by atoms with van der Waals surface area (Å²) in [6.07, 6.45) is 1.71. The molecular formula is C27H29N3O7S. The molecule has 1 saturated heterocycles. The van der Waals surface area contributed by atoms with Gasteiger partial charge in [0, 0.05) is 36.9 Å². The number of esters is 1. The van der Waals surface area contributed by atoms with Gasteiger partial charge in [-0.05, 0) is 32.0 Å². The van der Waals surface area contributed by atoms with Gasteiger partial charge in [0.05, 0.1) is 49.8 Å². The van der Waals surface area contributed by atoms with E-state index in [1.165, 1.54) is 23.0 Å². The van der Waals surface area contributed by atoms with E-state index in [4.69, 9.17) is 23.4 Å². The minimum Gasteiger partial charge on any atom is -0.497 e. The lowest BCUT2D eigenvalue weighted by atomic mass is 9.95. The van der Waals surface area contributed by atoms with Crippen LogP contribution in [0, 0.1) is 0 Å². The molecule has 0 amide bonds. The minimum absolute atomic E-state index is 0.191. The van der Waals surface area contributed by atoms with Crippen molar-refractivity contribution in [1.82, 2.24) is 4.57 Å². The zero-order valence-electron chi connectivity index (χ0n) is 21.7. The monoisotopic (exact) mass is 539 g/mol. The van der Waals surface area contributed by atoms with Crippen molar-refractivity contribution in [2.75, 3.05) is 52.0 Å². The number of anilines is 1. The number of morpholine rings is 1. The molecule has 2 aromatic heterocycles. The molecule has 0 saturated carbocycles. The molecular weight excluding hydrogens is 510 g/mol. The average molecular weight is 540 g/mol. The first-order chi connectivity index (χ1) is 18.4. The number of ether oxygens (including phenoxy) is 4. The lowest BCUT2D eigenvalue weighted by Gasteiger charge is -2.26. The third-order valence-electron chi connectivity index (χ3n) is 6.46. The van der Waals surface area contributed by atoms with Crippen LogP contribution in [0.15, 0.2) is 55.8 Å². The first kappa shape index (κ1) is 25.8. The Morgan fingerprint density at radius 2 is 1.97 bits per heavy atom. The maximum Gasteiger partial charge on any atom is 0.338 e. The Morgan fingerprint density at radius 3 is 2.68 bits per heavy atom. The van der Waals surface area contributed by atoms with Crippen LogP contribution in [0.1, 0.15) is 31.2 Å². The van der Waals surface area contributed by atoms with Gasteiger partial charge < -0.3 is 28.3 Å². The first-order valence-electron chi connectivity index (χ1n) is 12.3. The first-order valence-corrected chi connectivity index (χ1v) is 13.1. The van der Waals surface area contributed by atoms with Crippen molar-refractivity contribution < 1.29 is 28.2 Å². The van der Waals surface area contributed by atoms with E-state index in [9.17, 15) is 9.59 Å². The molecule has 3 aromatic rings. The van der Waals surface area contributed by atoms with Crippen LogP contribution in [-0.2, 0) is 14.3 Å². The maximum atomic E-state index is 13.8. The van der Waals surface area contributed by atoms with E-state index >= 15 is 0 Å². The third-order valence-corrected chi connectivity index (χ3v) is 7.44. The normalized spacial score (nSPS) is 17.7. The Bertz CT molecular complexity index is 1560. The zero-order valence-corrected chi connectivity index (χ0v) is 22.5. The number of nitrogens with zero attached hydrogens (tertiary/aromatic N) is 3. The van der Waals surface area contributed by atoms with Gasteiger partial charge in [0.15, 0.2) is 10.7 Å². The number of carbonyl (C=O) groups excluding carboxylic acids is 1. The van der Waals surface area contributed by atoms with Crippen LogP contribution in [0.3, 0.4) is 0 Å². The maximum absolute atomic E-state index is 13.8. The Morgan fingerprint density at radius 1 is 1.18 bits per heavy atom. The van der Waals surface area contributed by atoms with E-state index in [0.29, 0.717) is 51.1 Å². The van der Waals surface area contributed by atoms with Gasteiger partial charge in [0.2, 0.25) is 0 Å². The lowest BCUT2D eigenvalue weighted by Crippen LogP contribution is -2.40. The number of furan rings is 1. The van der Waals surface area contributed by atoms with Crippen molar-refractivity contribution in [2.24, 2.45) is 4.99 Å². The van der Waals surface area contributed by atoms with Gasteiger partial charge >= 0.3 is 5.97 Å². The fraction of sp³-hybridized carbons (Fsp3) is 0.370. The molecule has 1 aromatic carbocycles. The van der Waals surface area contributed by atoms with E-state index in [-0.39, 0.29) is 17.7 Å². The van der Waals surface area contributed by atoms with Gasteiger partial charge in [-0.3, -0.25) is 9.36 Å². The summed E-state index contributed by atoms with van der Waals surface area (Å²) in [6, 6.07) is 8.21. The van der Waals surface area contributed by atoms with Crippen molar-refractivity contribution >= 4 is 29.3 Å². The summed E-state index contributed by atoms with van der Waals surface area (Å²) in [7, 11) is 3.09. The second-order valence-corrected chi connectivity index (χ2v) is 9.69. The number of benzene rings is 1. The van der Waals surface area contributed by atoms with Crippen LogP contribution in [0.2, 0.25) is 0 Å². The predicted molar refractivity (Wildman–Crippen MR) is 142 cm³/mol. The SMILES string of the molecule is CCOC(=O)C1=C(C)N=c2sc(=Cc3ccc(N4CCOCC4)o3)c(=O)n2[C@H]1c1ccc(OC)cc1OC. The van der Waals surface area contributed by atoms with Crippen LogP contribution in [0.4, 0.5) is 5.88 Å². The molecule has 0 spiro atoms. The number of allylic oxidation sites excluding steroid dienone is 1. The van der Waals surface area contributed by atoms with Crippen LogP contribution in [0.25, 0.3) is 6.08 Å². The second kappa shape index (κ2) is 10.9. The summed E-state index contributed by atoms with van der Waals surface area (Å²) < 4.78 is 29.8. The molecule has 4 heterocycles. The van der Waals surface area contributed by atoms with Crippen molar-refractivity contribution in [3.63, 3.8) is 0 Å². The average Bonchev–Trinajstić information content (AvgIpc) is 3.52. The molecule has 0 unspecified atom stereocenters. The van der Waals surface area contributed by atoms with Crippen LogP contribution in [-0.4, -0.2) is 57.7 Å². The van der Waals surface area contributed by atoms with Crippen molar-refractivity contribution in [1.29, 1.82) is 0 Å². The van der Waals surface area contributed by atoms with Crippen molar-refractivity contribution in [3.05, 3.63) is 72.6 Å². The summed E-state index contributed by atoms with van der Waals surface area (Å²) >= 11 is 1.23. The predicted octanol–water partition coefficient (Wildman–Crippen LogP) is 2.25. The number of methoxy groups -OCH3 is 2. The summed E-state index contributed by atoms with van der Waals surface area (Å²) in [5.74, 6) is 1.81. The topological polar surface area (TPSA) is 105 Å². The fourth-order valence-corrected chi connectivity index (χ4v) is 5.66. The van der Waals surface area contributed by atoms with Gasteiger partial charge in [0.1, 0.15) is 23.3 Å². The molecule has 0 bridgehead atoms. The smallest absolute Gasteiger partial charge is 0.338 e. The molecule has 0 aliphatic carbocycles. The second-order valence-electron chi connectivity index (χ2n) is 8.69. The molecule has 0 N–H and O–H groups in total. The number of carbonyl (C=O) groups is 1. The molecule has 1 fully saturated rings. The third kappa shape index (κ3) is 4.74. The van der Waals surface area contributed by atoms with Crippen LogP contribution < -0.4 is 29.3 Å². The summed E-state index contributed by atoms with van der Waals surface area (Å²) in [6.45, 7) is 6.45. The molecule has 10 nitrogen and oxygen atoms in total. The van der Waals surface area contributed by atoms with E-state index in [1.807, 2.05) is 12.1 Å². The van der Waals surface area contributed by atoms with E-state index in [2.05, 4.69) is 9.89 Å². The minimum atomic E-state index is -0.797. The van der Waals surface area contributed by atoms with Gasteiger partial charge in [-0.15, -0.1) is 0 Å². The zero-order chi connectivity index (χ0) is 26.8. The molecule has 5 rings (SSSR count).